The summed E-state index contributed by atoms with van der Waals surface area (Å²) in [6.07, 6.45) is -1.96. The molecule has 8 nitrogen and oxygen atoms in total. The topological polar surface area (TPSA) is 89.5 Å². The Morgan fingerprint density at radius 3 is 2.44 bits per heavy atom. The van der Waals surface area contributed by atoms with E-state index in [1.165, 1.54) is 6.92 Å². The molecule has 2 unspecified atom stereocenters. The van der Waals surface area contributed by atoms with Crippen LogP contribution in [0.25, 0.3) is 0 Å². The van der Waals surface area contributed by atoms with E-state index < -0.39 is 18.3 Å². The highest BCUT2D eigenvalue weighted by molar-refractivity contribution is 5.88. The van der Waals surface area contributed by atoms with Gasteiger partial charge in [-0.2, -0.15) is 15.0 Å². The molecule has 9 heteroatoms. The first-order valence-electron chi connectivity index (χ1n) is 10.3. The number of aromatic nitrogens is 3. The number of rotatable bonds is 7. The van der Waals surface area contributed by atoms with Crippen LogP contribution in [-0.2, 0) is 4.74 Å². The Kier molecular flexibility index (Phi) is 6.16. The number of anilines is 2. The molecular weight excluding hydrogens is 413 g/mol. The molecular formula is C23H24FN5O3. The molecule has 2 heterocycles. The van der Waals surface area contributed by atoms with Crippen molar-refractivity contribution in [1.29, 1.82) is 0 Å². The van der Waals surface area contributed by atoms with Crippen LogP contribution in [0.4, 0.5) is 21.1 Å². The molecule has 0 spiro atoms. The summed E-state index contributed by atoms with van der Waals surface area (Å²) in [5.74, 6) is 2.25. The van der Waals surface area contributed by atoms with Crippen molar-refractivity contribution in [2.45, 2.75) is 39.0 Å². The van der Waals surface area contributed by atoms with E-state index in [2.05, 4.69) is 20.3 Å². The predicted octanol–water partition coefficient (Wildman–Crippen LogP) is 4.83. The van der Waals surface area contributed by atoms with Crippen molar-refractivity contribution in [3.63, 3.8) is 0 Å². The first-order valence-corrected chi connectivity index (χ1v) is 10.3. The standard InChI is InChI=1S/C23H24FN5O3/c1-14(24)20-13-31-23(30)29(20)22-27-16(3)26-21(28-22)25-15(2)17-9-11-19(12-10-17)32-18-7-5-4-6-8-18/h4-12,14-15,20H,13H2,1-3H3,(H,25,26,27,28)/t14?,15-,20?/m0/s1. The number of nitrogens with one attached hydrogen (secondary N) is 1. The summed E-state index contributed by atoms with van der Waals surface area (Å²) in [5.41, 5.74) is 0.987. The molecule has 1 fully saturated rings. The summed E-state index contributed by atoms with van der Waals surface area (Å²) in [6, 6.07) is 16.3. The number of halogens is 1. The average Bonchev–Trinajstić information content (AvgIpc) is 3.16. The third-order valence-corrected chi connectivity index (χ3v) is 5.09. The number of hydrogen-bond donors (Lipinski definition) is 1. The molecule has 1 aliphatic heterocycles. The van der Waals surface area contributed by atoms with Gasteiger partial charge in [-0.3, -0.25) is 0 Å². The lowest BCUT2D eigenvalue weighted by molar-refractivity contribution is 0.174. The number of benzene rings is 2. The maximum absolute atomic E-state index is 13.9. The van der Waals surface area contributed by atoms with E-state index in [1.54, 1.807) is 6.92 Å². The summed E-state index contributed by atoms with van der Waals surface area (Å²) < 4.78 is 24.8. The van der Waals surface area contributed by atoms with E-state index in [9.17, 15) is 9.18 Å². The number of para-hydroxylation sites is 1. The second-order valence-electron chi connectivity index (χ2n) is 7.55. The summed E-state index contributed by atoms with van der Waals surface area (Å²) in [5, 5.41) is 3.22. The minimum atomic E-state index is -1.29. The van der Waals surface area contributed by atoms with Crippen molar-refractivity contribution in [2.24, 2.45) is 0 Å². The van der Waals surface area contributed by atoms with Crippen LogP contribution < -0.4 is 15.0 Å². The van der Waals surface area contributed by atoms with E-state index in [-0.39, 0.29) is 24.5 Å². The highest BCUT2D eigenvalue weighted by atomic mass is 19.1. The van der Waals surface area contributed by atoms with E-state index in [0.717, 1.165) is 22.0 Å². The van der Waals surface area contributed by atoms with Gasteiger partial charge in [0.15, 0.2) is 0 Å². The quantitative estimate of drug-likeness (QED) is 0.566. The number of hydrogen-bond acceptors (Lipinski definition) is 7. The van der Waals surface area contributed by atoms with Crippen LogP contribution in [0.15, 0.2) is 54.6 Å². The fourth-order valence-electron chi connectivity index (χ4n) is 3.37. The van der Waals surface area contributed by atoms with Gasteiger partial charge in [0.05, 0.1) is 6.04 Å². The van der Waals surface area contributed by atoms with Gasteiger partial charge >= 0.3 is 6.09 Å². The Morgan fingerprint density at radius 2 is 1.75 bits per heavy atom. The molecule has 0 saturated carbocycles. The lowest BCUT2D eigenvalue weighted by atomic mass is 10.1. The Labute approximate surface area is 185 Å². The predicted molar refractivity (Wildman–Crippen MR) is 118 cm³/mol. The molecule has 32 heavy (non-hydrogen) atoms. The molecule has 4 rings (SSSR count). The Morgan fingerprint density at radius 1 is 1.06 bits per heavy atom. The monoisotopic (exact) mass is 437 g/mol. The van der Waals surface area contributed by atoms with Crippen molar-refractivity contribution in [3.8, 4) is 11.5 Å². The molecule has 1 N–H and O–H groups in total. The lowest BCUT2D eigenvalue weighted by Crippen LogP contribution is -2.40. The first-order chi connectivity index (χ1) is 15.4. The zero-order valence-corrected chi connectivity index (χ0v) is 18.0. The molecule has 2 aromatic carbocycles. The Balaban J connectivity index is 1.48. The van der Waals surface area contributed by atoms with Gasteiger partial charge < -0.3 is 14.8 Å². The van der Waals surface area contributed by atoms with E-state index in [4.69, 9.17) is 9.47 Å². The first kappa shape index (κ1) is 21.5. The van der Waals surface area contributed by atoms with Gasteiger partial charge in [0.1, 0.15) is 36.1 Å². The van der Waals surface area contributed by atoms with Gasteiger partial charge in [-0.05, 0) is 50.6 Å². The fourth-order valence-corrected chi connectivity index (χ4v) is 3.37. The SMILES string of the molecule is Cc1nc(N[C@@H](C)c2ccc(Oc3ccccc3)cc2)nc(N2C(=O)OCC2C(C)F)n1. The zero-order chi connectivity index (χ0) is 22.7. The van der Waals surface area contributed by atoms with Crippen LogP contribution in [0, 0.1) is 6.92 Å². The lowest BCUT2D eigenvalue weighted by Gasteiger charge is -2.21. The van der Waals surface area contributed by atoms with E-state index in [0.29, 0.717) is 5.82 Å². The molecule has 166 valence electrons. The number of nitrogens with zero attached hydrogens (tertiary/aromatic N) is 4. The molecule has 1 saturated heterocycles. The van der Waals surface area contributed by atoms with Crippen LogP contribution in [0.2, 0.25) is 0 Å². The van der Waals surface area contributed by atoms with Crippen molar-refractivity contribution in [3.05, 3.63) is 66.0 Å². The van der Waals surface area contributed by atoms with Crippen molar-refractivity contribution in [1.82, 2.24) is 15.0 Å². The smallest absolute Gasteiger partial charge is 0.417 e. The molecule has 1 amide bonds. The Bertz CT molecular complexity index is 1080. The third kappa shape index (κ3) is 4.77. The number of amides is 1. The molecule has 1 aliphatic rings. The van der Waals surface area contributed by atoms with Gasteiger partial charge in [0.2, 0.25) is 11.9 Å². The van der Waals surface area contributed by atoms with Gasteiger partial charge in [-0.15, -0.1) is 0 Å². The van der Waals surface area contributed by atoms with Crippen molar-refractivity contribution in [2.75, 3.05) is 16.8 Å². The molecule has 3 atom stereocenters. The van der Waals surface area contributed by atoms with Crippen LogP contribution in [-0.4, -0.2) is 39.9 Å². The number of carbonyl (C=O) groups is 1. The number of carbonyl (C=O) groups excluding carboxylic acids is 1. The zero-order valence-electron chi connectivity index (χ0n) is 18.0. The average molecular weight is 437 g/mol. The molecule has 3 aromatic rings. The second-order valence-corrected chi connectivity index (χ2v) is 7.55. The van der Waals surface area contributed by atoms with Gasteiger partial charge in [-0.25, -0.2) is 14.1 Å². The molecule has 0 aliphatic carbocycles. The van der Waals surface area contributed by atoms with E-state index in [1.807, 2.05) is 61.5 Å². The largest absolute Gasteiger partial charge is 0.457 e. The van der Waals surface area contributed by atoms with Crippen LogP contribution in [0.1, 0.15) is 31.3 Å². The summed E-state index contributed by atoms with van der Waals surface area (Å²) in [4.78, 5) is 26.1. The molecule has 0 radical (unpaired) electrons. The van der Waals surface area contributed by atoms with Crippen molar-refractivity contribution < 1.29 is 18.7 Å². The number of alkyl halides is 1. The minimum absolute atomic E-state index is 0.0439. The third-order valence-electron chi connectivity index (χ3n) is 5.09. The number of aryl methyl sites for hydroxylation is 1. The maximum atomic E-state index is 13.9. The van der Waals surface area contributed by atoms with Crippen LogP contribution >= 0.6 is 0 Å². The van der Waals surface area contributed by atoms with Gasteiger partial charge in [0, 0.05) is 0 Å². The summed E-state index contributed by atoms with van der Waals surface area (Å²) >= 11 is 0. The van der Waals surface area contributed by atoms with E-state index >= 15 is 0 Å². The normalized spacial score (nSPS) is 17.6. The van der Waals surface area contributed by atoms with Crippen molar-refractivity contribution >= 4 is 18.0 Å². The maximum Gasteiger partial charge on any atom is 0.417 e. The number of cyclic esters (lactones) is 1. The van der Waals surface area contributed by atoms with Gasteiger partial charge in [0.25, 0.3) is 0 Å². The minimum Gasteiger partial charge on any atom is -0.457 e. The highest BCUT2D eigenvalue weighted by Gasteiger charge is 2.40. The molecule has 1 aromatic heterocycles. The van der Waals surface area contributed by atoms with Crippen LogP contribution in [0.5, 0.6) is 11.5 Å². The Hall–Kier alpha value is -3.75. The fraction of sp³-hybridized carbons (Fsp3) is 0.304. The van der Waals surface area contributed by atoms with Crippen LogP contribution in [0.3, 0.4) is 0 Å². The summed E-state index contributed by atoms with van der Waals surface area (Å²) in [6.45, 7) is 4.98. The van der Waals surface area contributed by atoms with Gasteiger partial charge in [-0.1, -0.05) is 30.3 Å². The number of ether oxygens (including phenoxy) is 2. The molecule has 0 bridgehead atoms. The summed E-state index contributed by atoms with van der Waals surface area (Å²) in [7, 11) is 0. The highest BCUT2D eigenvalue weighted by Crippen LogP contribution is 2.26. The second kappa shape index (κ2) is 9.17.